The zero-order valence-electron chi connectivity index (χ0n) is 7.58. The third kappa shape index (κ3) is 2.32. The molecule has 0 saturated heterocycles. The molecule has 0 amide bonds. The lowest BCUT2D eigenvalue weighted by Crippen LogP contribution is -2.05. The van der Waals surface area contributed by atoms with Gasteiger partial charge in [-0.3, -0.25) is 0 Å². The minimum atomic E-state index is 0.0989. The van der Waals surface area contributed by atoms with E-state index in [4.69, 9.17) is 10.5 Å². The Morgan fingerprint density at radius 2 is 2.25 bits per heavy atom. The van der Waals surface area contributed by atoms with Crippen molar-refractivity contribution in [3.8, 4) is 0 Å². The summed E-state index contributed by atoms with van der Waals surface area (Å²) >= 11 is 0. The van der Waals surface area contributed by atoms with Gasteiger partial charge in [-0.2, -0.15) is 0 Å². The van der Waals surface area contributed by atoms with E-state index in [-0.39, 0.29) is 6.04 Å². The highest BCUT2D eigenvalue weighted by Gasteiger charge is 1.99. The maximum atomic E-state index is 5.74. The van der Waals surface area contributed by atoms with Crippen molar-refractivity contribution >= 4 is 0 Å². The van der Waals surface area contributed by atoms with Crippen LogP contribution in [0.3, 0.4) is 0 Å². The van der Waals surface area contributed by atoms with E-state index in [0.717, 1.165) is 5.56 Å². The van der Waals surface area contributed by atoms with Crippen LogP contribution in [0.2, 0.25) is 0 Å². The molecule has 66 valence electrons. The molecule has 0 aromatic heterocycles. The smallest absolute Gasteiger partial charge is 0.0713 e. The summed E-state index contributed by atoms with van der Waals surface area (Å²) in [5.74, 6) is 0. The molecule has 1 atom stereocenters. The zero-order chi connectivity index (χ0) is 8.97. The van der Waals surface area contributed by atoms with Gasteiger partial charge in [0, 0.05) is 13.2 Å². The number of hydrogen-bond acceptors (Lipinski definition) is 2. The number of benzene rings is 1. The van der Waals surface area contributed by atoms with Crippen molar-refractivity contribution in [2.75, 3.05) is 7.11 Å². The fraction of sp³-hybridized carbons (Fsp3) is 0.400. The summed E-state index contributed by atoms with van der Waals surface area (Å²) in [6.07, 6.45) is 0. The highest BCUT2D eigenvalue weighted by atomic mass is 16.5. The summed E-state index contributed by atoms with van der Waals surface area (Å²) < 4.78 is 5.02. The van der Waals surface area contributed by atoms with Crippen molar-refractivity contribution < 1.29 is 4.74 Å². The van der Waals surface area contributed by atoms with Gasteiger partial charge >= 0.3 is 0 Å². The Hall–Kier alpha value is -0.860. The first-order valence-electron chi connectivity index (χ1n) is 4.07. The first-order chi connectivity index (χ1) is 5.74. The Labute approximate surface area is 73.3 Å². The monoisotopic (exact) mass is 165 g/mol. The van der Waals surface area contributed by atoms with Gasteiger partial charge in [0.05, 0.1) is 6.61 Å². The van der Waals surface area contributed by atoms with E-state index < -0.39 is 0 Å². The second-order valence-electron chi connectivity index (χ2n) is 2.97. The van der Waals surface area contributed by atoms with Gasteiger partial charge in [0.15, 0.2) is 0 Å². The molecule has 0 saturated carbocycles. The van der Waals surface area contributed by atoms with Crippen LogP contribution in [-0.2, 0) is 11.3 Å². The highest BCUT2D eigenvalue weighted by Crippen LogP contribution is 2.11. The summed E-state index contributed by atoms with van der Waals surface area (Å²) in [7, 11) is 1.69. The molecule has 1 rings (SSSR count). The summed E-state index contributed by atoms with van der Waals surface area (Å²) in [6.45, 7) is 2.63. The number of ether oxygens (including phenoxy) is 1. The molecule has 0 radical (unpaired) electrons. The molecule has 1 aromatic rings. The summed E-state index contributed by atoms with van der Waals surface area (Å²) in [6, 6.07) is 8.25. The molecule has 0 heterocycles. The van der Waals surface area contributed by atoms with Crippen LogP contribution in [0.15, 0.2) is 24.3 Å². The number of rotatable bonds is 3. The Bertz CT molecular complexity index is 245. The second-order valence-corrected chi connectivity index (χ2v) is 2.97. The second kappa shape index (κ2) is 4.24. The largest absolute Gasteiger partial charge is 0.380 e. The number of methoxy groups -OCH3 is 1. The average molecular weight is 165 g/mol. The summed E-state index contributed by atoms with van der Waals surface area (Å²) in [5, 5.41) is 0. The molecule has 12 heavy (non-hydrogen) atoms. The zero-order valence-corrected chi connectivity index (χ0v) is 7.58. The topological polar surface area (TPSA) is 35.2 Å². The van der Waals surface area contributed by atoms with Crippen LogP contribution in [-0.4, -0.2) is 7.11 Å². The Morgan fingerprint density at radius 1 is 1.50 bits per heavy atom. The normalized spacial score (nSPS) is 12.9. The van der Waals surface area contributed by atoms with Crippen molar-refractivity contribution in [3.05, 3.63) is 35.4 Å². The summed E-state index contributed by atoms with van der Waals surface area (Å²) in [4.78, 5) is 0. The first kappa shape index (κ1) is 9.23. The molecule has 0 spiro atoms. The molecule has 0 bridgehead atoms. The van der Waals surface area contributed by atoms with Crippen molar-refractivity contribution in [2.24, 2.45) is 5.73 Å². The Balaban J connectivity index is 2.81. The van der Waals surface area contributed by atoms with Crippen molar-refractivity contribution in [2.45, 2.75) is 19.6 Å². The first-order valence-corrected chi connectivity index (χ1v) is 4.07. The van der Waals surface area contributed by atoms with Gasteiger partial charge < -0.3 is 10.5 Å². The molecule has 0 aliphatic heterocycles. The lowest BCUT2D eigenvalue weighted by molar-refractivity contribution is 0.185. The van der Waals surface area contributed by atoms with E-state index in [2.05, 4.69) is 6.07 Å². The van der Waals surface area contributed by atoms with E-state index in [1.807, 2.05) is 25.1 Å². The number of hydrogen-bond donors (Lipinski definition) is 1. The molecule has 0 fully saturated rings. The van der Waals surface area contributed by atoms with E-state index in [9.17, 15) is 0 Å². The average Bonchev–Trinajstić information content (AvgIpc) is 2.05. The van der Waals surface area contributed by atoms with Crippen LogP contribution in [0, 0.1) is 0 Å². The van der Waals surface area contributed by atoms with Crippen LogP contribution in [0.4, 0.5) is 0 Å². The maximum absolute atomic E-state index is 5.74. The van der Waals surface area contributed by atoms with Crippen LogP contribution in [0.1, 0.15) is 24.1 Å². The fourth-order valence-corrected chi connectivity index (χ4v) is 1.13. The molecule has 0 aliphatic rings. The molecule has 2 N–H and O–H groups in total. The van der Waals surface area contributed by atoms with Crippen molar-refractivity contribution in [1.82, 2.24) is 0 Å². The van der Waals surface area contributed by atoms with E-state index in [1.165, 1.54) is 5.56 Å². The summed E-state index contributed by atoms with van der Waals surface area (Å²) in [5.41, 5.74) is 8.07. The predicted octanol–water partition coefficient (Wildman–Crippen LogP) is 1.85. The van der Waals surface area contributed by atoms with E-state index in [1.54, 1.807) is 7.11 Å². The molecule has 0 aliphatic carbocycles. The Kier molecular flexibility index (Phi) is 3.26. The minimum absolute atomic E-state index is 0.0989. The van der Waals surface area contributed by atoms with Gasteiger partial charge in [-0.05, 0) is 18.1 Å². The third-order valence-corrected chi connectivity index (χ3v) is 1.79. The quantitative estimate of drug-likeness (QED) is 0.741. The van der Waals surface area contributed by atoms with Crippen LogP contribution < -0.4 is 5.73 Å². The van der Waals surface area contributed by atoms with Crippen LogP contribution in [0.5, 0.6) is 0 Å². The lowest BCUT2D eigenvalue weighted by Gasteiger charge is -2.07. The van der Waals surface area contributed by atoms with Crippen LogP contribution >= 0.6 is 0 Å². The molecule has 1 aromatic carbocycles. The molecular formula is C10H15NO. The maximum Gasteiger partial charge on any atom is 0.0713 e. The lowest BCUT2D eigenvalue weighted by atomic mass is 10.1. The van der Waals surface area contributed by atoms with E-state index in [0.29, 0.717) is 6.61 Å². The SMILES string of the molecule is COCc1cccc(C(C)N)c1. The van der Waals surface area contributed by atoms with Gasteiger partial charge in [-0.1, -0.05) is 24.3 Å². The molecular weight excluding hydrogens is 150 g/mol. The molecule has 2 heteroatoms. The van der Waals surface area contributed by atoms with Gasteiger partial charge in [-0.25, -0.2) is 0 Å². The minimum Gasteiger partial charge on any atom is -0.380 e. The molecule has 2 nitrogen and oxygen atoms in total. The van der Waals surface area contributed by atoms with Gasteiger partial charge in [-0.15, -0.1) is 0 Å². The highest BCUT2D eigenvalue weighted by molar-refractivity contribution is 5.24. The molecule has 1 unspecified atom stereocenters. The fourth-order valence-electron chi connectivity index (χ4n) is 1.13. The van der Waals surface area contributed by atoms with Gasteiger partial charge in [0.1, 0.15) is 0 Å². The van der Waals surface area contributed by atoms with Gasteiger partial charge in [0.25, 0.3) is 0 Å². The van der Waals surface area contributed by atoms with E-state index >= 15 is 0 Å². The van der Waals surface area contributed by atoms with Gasteiger partial charge in [0.2, 0.25) is 0 Å². The third-order valence-electron chi connectivity index (χ3n) is 1.79. The predicted molar refractivity (Wildman–Crippen MR) is 49.8 cm³/mol. The Morgan fingerprint density at radius 3 is 2.83 bits per heavy atom. The standard InChI is InChI=1S/C10H15NO/c1-8(11)10-5-3-4-9(6-10)7-12-2/h3-6,8H,7,11H2,1-2H3. The van der Waals surface area contributed by atoms with Crippen LogP contribution in [0.25, 0.3) is 0 Å². The van der Waals surface area contributed by atoms with Crippen molar-refractivity contribution in [1.29, 1.82) is 0 Å². The number of nitrogens with two attached hydrogens (primary N) is 1. The van der Waals surface area contributed by atoms with Crippen molar-refractivity contribution in [3.63, 3.8) is 0 Å².